The lowest BCUT2D eigenvalue weighted by molar-refractivity contribution is 0.138. The third-order valence-corrected chi connectivity index (χ3v) is 6.85. The van der Waals surface area contributed by atoms with Crippen LogP contribution in [-0.2, 0) is 18.5 Å². The van der Waals surface area contributed by atoms with Gasteiger partial charge in [0.1, 0.15) is 12.7 Å². The molecule has 0 fully saturated rings. The Hall–Kier alpha value is -3.18. The highest BCUT2D eigenvalue weighted by atomic mass is 15.3. The summed E-state index contributed by atoms with van der Waals surface area (Å²) in [6, 6.07) is 19.6. The molecular weight excluding hydrogens is 382 g/mol. The molecule has 1 aliphatic rings. The summed E-state index contributed by atoms with van der Waals surface area (Å²) in [5.41, 5.74) is 6.77. The quantitative estimate of drug-likeness (QED) is 0.484. The maximum atomic E-state index is 4.29. The van der Waals surface area contributed by atoms with Crippen LogP contribution in [0.5, 0.6) is 0 Å². The highest BCUT2D eigenvalue weighted by molar-refractivity contribution is 5.89. The zero-order valence-corrected chi connectivity index (χ0v) is 18.3. The Bertz CT molecular complexity index is 1190. The van der Waals surface area contributed by atoms with Crippen molar-refractivity contribution in [1.29, 1.82) is 0 Å². The van der Waals surface area contributed by atoms with E-state index in [-0.39, 0.29) is 5.54 Å². The van der Waals surface area contributed by atoms with Crippen molar-refractivity contribution in [3.63, 3.8) is 0 Å². The zero-order valence-electron chi connectivity index (χ0n) is 18.3. The molecule has 1 aliphatic carbocycles. The molecule has 0 saturated carbocycles. The van der Waals surface area contributed by atoms with Crippen molar-refractivity contribution < 1.29 is 0 Å². The molecule has 1 N–H and O–H groups in total. The molecule has 4 aromatic rings. The van der Waals surface area contributed by atoms with Gasteiger partial charge in [0, 0.05) is 28.7 Å². The van der Waals surface area contributed by atoms with Gasteiger partial charge in [0.15, 0.2) is 0 Å². The number of hydrogen-bond donors (Lipinski definition) is 1. The summed E-state index contributed by atoms with van der Waals surface area (Å²) in [5.74, 6) is 0. The van der Waals surface area contributed by atoms with E-state index in [2.05, 4.69) is 94.7 Å². The van der Waals surface area contributed by atoms with Crippen molar-refractivity contribution in [2.24, 2.45) is 0 Å². The number of nitrogens with one attached hydrogen (secondary N) is 1. The van der Waals surface area contributed by atoms with Crippen LogP contribution >= 0.6 is 0 Å². The SMILES string of the molecule is CN(C)C1(c2ccccc2)CC=C(c2[nH]c3ccccc3c2CCn2cncn2)CC1. The van der Waals surface area contributed by atoms with Crippen LogP contribution in [0.3, 0.4) is 0 Å². The van der Waals surface area contributed by atoms with E-state index in [1.807, 2.05) is 4.68 Å². The first kappa shape index (κ1) is 19.8. The molecule has 0 saturated heterocycles. The van der Waals surface area contributed by atoms with E-state index in [9.17, 15) is 0 Å². The van der Waals surface area contributed by atoms with Gasteiger partial charge in [0.2, 0.25) is 0 Å². The Labute approximate surface area is 183 Å². The molecule has 0 amide bonds. The Morgan fingerprint density at radius 1 is 1.06 bits per heavy atom. The van der Waals surface area contributed by atoms with Gasteiger partial charge in [-0.3, -0.25) is 9.58 Å². The molecular formula is C26H29N5. The maximum absolute atomic E-state index is 4.29. The van der Waals surface area contributed by atoms with Crippen LogP contribution in [0.25, 0.3) is 16.5 Å². The number of H-pyrrole nitrogens is 1. The topological polar surface area (TPSA) is 49.7 Å². The van der Waals surface area contributed by atoms with Crippen LogP contribution in [0.4, 0.5) is 0 Å². The minimum atomic E-state index is 0.0532. The van der Waals surface area contributed by atoms with Gasteiger partial charge in [-0.15, -0.1) is 0 Å². The minimum Gasteiger partial charge on any atom is -0.355 e. The Morgan fingerprint density at radius 2 is 1.87 bits per heavy atom. The number of allylic oxidation sites excluding steroid dienone is 1. The first-order valence-corrected chi connectivity index (χ1v) is 11.0. The molecule has 158 valence electrons. The molecule has 31 heavy (non-hydrogen) atoms. The third kappa shape index (κ3) is 3.59. The fourth-order valence-corrected chi connectivity index (χ4v) is 5.05. The van der Waals surface area contributed by atoms with E-state index in [0.29, 0.717) is 0 Å². The average Bonchev–Trinajstić information content (AvgIpc) is 3.46. The summed E-state index contributed by atoms with van der Waals surface area (Å²) >= 11 is 0. The summed E-state index contributed by atoms with van der Waals surface area (Å²) in [6.07, 6.45) is 9.95. The summed E-state index contributed by atoms with van der Waals surface area (Å²) in [4.78, 5) is 10.2. The van der Waals surface area contributed by atoms with Crippen LogP contribution in [0.2, 0.25) is 0 Å². The number of aromatic amines is 1. The van der Waals surface area contributed by atoms with Gasteiger partial charge in [-0.25, -0.2) is 4.98 Å². The van der Waals surface area contributed by atoms with Crippen molar-refractivity contribution in [2.75, 3.05) is 14.1 Å². The fraction of sp³-hybridized carbons (Fsp3) is 0.308. The normalized spacial score (nSPS) is 19.1. The van der Waals surface area contributed by atoms with E-state index in [0.717, 1.165) is 32.2 Å². The molecule has 2 heterocycles. The molecule has 5 rings (SSSR count). The number of hydrogen-bond acceptors (Lipinski definition) is 3. The molecule has 5 nitrogen and oxygen atoms in total. The number of aromatic nitrogens is 4. The van der Waals surface area contributed by atoms with E-state index in [4.69, 9.17) is 0 Å². The molecule has 2 aromatic carbocycles. The first-order chi connectivity index (χ1) is 15.2. The first-order valence-electron chi connectivity index (χ1n) is 11.0. The number of rotatable bonds is 6. The van der Waals surface area contributed by atoms with Crippen molar-refractivity contribution in [3.8, 4) is 0 Å². The molecule has 2 aromatic heterocycles. The average molecular weight is 412 g/mol. The molecule has 5 heteroatoms. The van der Waals surface area contributed by atoms with Gasteiger partial charge < -0.3 is 4.98 Å². The number of aryl methyl sites for hydroxylation is 2. The lowest BCUT2D eigenvalue weighted by Crippen LogP contribution is -2.42. The summed E-state index contributed by atoms with van der Waals surface area (Å²) < 4.78 is 1.91. The second-order valence-corrected chi connectivity index (χ2v) is 8.66. The monoisotopic (exact) mass is 411 g/mol. The number of fused-ring (bicyclic) bond motifs is 1. The summed E-state index contributed by atoms with van der Waals surface area (Å²) in [7, 11) is 4.41. The van der Waals surface area contributed by atoms with Crippen LogP contribution in [0, 0.1) is 0 Å². The maximum Gasteiger partial charge on any atom is 0.137 e. The van der Waals surface area contributed by atoms with Crippen molar-refractivity contribution >= 4 is 16.5 Å². The Balaban J connectivity index is 1.50. The van der Waals surface area contributed by atoms with Gasteiger partial charge in [-0.05, 0) is 62.5 Å². The van der Waals surface area contributed by atoms with Gasteiger partial charge in [0.25, 0.3) is 0 Å². The van der Waals surface area contributed by atoms with Crippen LogP contribution in [-0.4, -0.2) is 38.7 Å². The smallest absolute Gasteiger partial charge is 0.137 e. The van der Waals surface area contributed by atoms with Gasteiger partial charge in [-0.2, -0.15) is 5.10 Å². The predicted octanol–water partition coefficient (Wildman–Crippen LogP) is 5.03. The van der Waals surface area contributed by atoms with Gasteiger partial charge >= 0.3 is 0 Å². The molecule has 0 radical (unpaired) electrons. The van der Waals surface area contributed by atoms with E-state index in [1.54, 1.807) is 12.7 Å². The molecule has 0 bridgehead atoms. The van der Waals surface area contributed by atoms with Crippen molar-refractivity contribution in [2.45, 2.75) is 37.8 Å². The fourth-order valence-electron chi connectivity index (χ4n) is 5.05. The third-order valence-electron chi connectivity index (χ3n) is 6.85. The Kier molecular flexibility index (Phi) is 5.20. The van der Waals surface area contributed by atoms with E-state index in [1.165, 1.54) is 33.3 Å². The summed E-state index contributed by atoms with van der Waals surface area (Å²) in [5, 5.41) is 5.60. The second-order valence-electron chi connectivity index (χ2n) is 8.66. The molecule has 1 unspecified atom stereocenters. The zero-order chi connectivity index (χ0) is 21.3. The van der Waals surface area contributed by atoms with E-state index < -0.39 is 0 Å². The number of nitrogens with zero attached hydrogens (tertiary/aromatic N) is 4. The Morgan fingerprint density at radius 3 is 2.58 bits per heavy atom. The lowest BCUT2D eigenvalue weighted by atomic mass is 9.75. The van der Waals surface area contributed by atoms with Crippen molar-refractivity contribution in [1.82, 2.24) is 24.6 Å². The van der Waals surface area contributed by atoms with Crippen LogP contribution in [0.1, 0.15) is 36.1 Å². The van der Waals surface area contributed by atoms with Crippen LogP contribution in [0.15, 0.2) is 73.3 Å². The minimum absolute atomic E-state index is 0.0532. The van der Waals surface area contributed by atoms with Gasteiger partial charge in [-0.1, -0.05) is 54.6 Å². The largest absolute Gasteiger partial charge is 0.355 e. The highest BCUT2D eigenvalue weighted by Gasteiger charge is 2.36. The predicted molar refractivity (Wildman–Crippen MR) is 126 cm³/mol. The van der Waals surface area contributed by atoms with Crippen molar-refractivity contribution in [3.05, 3.63) is 90.1 Å². The number of benzene rings is 2. The molecule has 0 spiro atoms. The number of para-hydroxylation sites is 1. The van der Waals surface area contributed by atoms with Crippen LogP contribution < -0.4 is 0 Å². The lowest BCUT2D eigenvalue weighted by Gasteiger charge is -2.43. The molecule has 1 atom stereocenters. The van der Waals surface area contributed by atoms with E-state index >= 15 is 0 Å². The van der Waals surface area contributed by atoms with Gasteiger partial charge in [0.05, 0.1) is 0 Å². The second kappa shape index (κ2) is 8.16. The summed E-state index contributed by atoms with van der Waals surface area (Å²) in [6.45, 7) is 0.827. The molecule has 0 aliphatic heterocycles. The standard InChI is InChI=1S/C26H29N5/c1-30(2)26(21-8-4-3-5-9-21)15-12-20(13-16-26)25-23(14-17-31-19-27-18-28-31)22-10-6-7-11-24(22)29-25/h3-12,18-19,29H,13-17H2,1-2H3. The highest BCUT2D eigenvalue weighted by Crippen LogP contribution is 2.43.